The number of benzene rings is 2. The molecule has 39 heavy (non-hydrogen) atoms. The van der Waals surface area contributed by atoms with Crippen LogP contribution in [-0.2, 0) is 24.5 Å². The van der Waals surface area contributed by atoms with Crippen LogP contribution in [0.25, 0.3) is 0 Å². The Morgan fingerprint density at radius 1 is 1.15 bits per heavy atom. The number of nitrogens with one attached hydrogen (secondary N) is 1. The topological polar surface area (TPSA) is 88.4 Å². The summed E-state index contributed by atoms with van der Waals surface area (Å²) in [6.45, 7) is 3.62. The van der Waals surface area contributed by atoms with Crippen LogP contribution in [0.3, 0.4) is 0 Å². The van der Waals surface area contributed by atoms with E-state index in [1.165, 1.54) is 37.4 Å². The lowest BCUT2D eigenvalue weighted by atomic mass is 9.62. The highest BCUT2D eigenvalue weighted by molar-refractivity contribution is 6.31. The van der Waals surface area contributed by atoms with E-state index in [0.717, 1.165) is 6.07 Å². The lowest BCUT2D eigenvalue weighted by molar-refractivity contribution is -0.202. The lowest BCUT2D eigenvalue weighted by Crippen LogP contribution is -2.46. The largest absolute Gasteiger partial charge is 0.491 e. The molecule has 0 saturated carbocycles. The van der Waals surface area contributed by atoms with Crippen LogP contribution in [0.5, 0.6) is 0 Å². The molecule has 3 rings (SSSR count). The van der Waals surface area contributed by atoms with Crippen molar-refractivity contribution in [2.75, 3.05) is 13.7 Å². The van der Waals surface area contributed by atoms with Crippen molar-refractivity contribution in [2.45, 2.75) is 49.9 Å². The number of hydrogen-bond acceptors (Lipinski definition) is 6. The number of halogens is 7. The summed E-state index contributed by atoms with van der Waals surface area (Å²) in [7, 11) is 1.42. The fourth-order valence-electron chi connectivity index (χ4n) is 5.14. The summed E-state index contributed by atoms with van der Waals surface area (Å²) in [5.41, 5.74) is -3.55. The first-order valence-corrected chi connectivity index (χ1v) is 12.2. The third-order valence-corrected chi connectivity index (χ3v) is 7.13. The van der Waals surface area contributed by atoms with Crippen molar-refractivity contribution in [1.29, 1.82) is 5.26 Å². The average Bonchev–Trinajstić information content (AvgIpc) is 3.14. The maximum Gasteiger partial charge on any atom is 0.491 e. The number of methoxy groups -OCH3 is 1. The molecule has 1 aliphatic heterocycles. The maximum absolute atomic E-state index is 15.5. The second-order valence-electron chi connectivity index (χ2n) is 9.93. The van der Waals surface area contributed by atoms with Gasteiger partial charge in [-0.2, -0.15) is 18.4 Å². The molecule has 0 amide bonds. The van der Waals surface area contributed by atoms with Gasteiger partial charge in [0.1, 0.15) is 23.1 Å². The van der Waals surface area contributed by atoms with Gasteiger partial charge in [-0.15, -0.1) is 0 Å². The van der Waals surface area contributed by atoms with Crippen molar-refractivity contribution in [3.05, 3.63) is 69.2 Å². The van der Waals surface area contributed by atoms with Gasteiger partial charge in [0.25, 0.3) is 0 Å². The molecule has 210 valence electrons. The van der Waals surface area contributed by atoms with E-state index in [2.05, 4.69) is 10.1 Å². The molecule has 0 bridgehead atoms. The Labute approximate surface area is 231 Å². The van der Waals surface area contributed by atoms with E-state index in [9.17, 15) is 28.0 Å². The molecule has 1 aliphatic rings. The first-order chi connectivity index (χ1) is 18.1. The molecule has 1 saturated heterocycles. The van der Waals surface area contributed by atoms with E-state index < -0.39 is 63.6 Å². The Morgan fingerprint density at radius 3 is 2.38 bits per heavy atom. The van der Waals surface area contributed by atoms with Gasteiger partial charge < -0.3 is 9.47 Å². The van der Waals surface area contributed by atoms with Crippen molar-refractivity contribution >= 4 is 35.1 Å². The van der Waals surface area contributed by atoms with Crippen molar-refractivity contribution in [1.82, 2.24) is 5.32 Å². The molecule has 1 N–H and O–H groups in total. The van der Waals surface area contributed by atoms with Crippen LogP contribution >= 0.6 is 23.2 Å². The molecule has 0 aliphatic carbocycles. The summed E-state index contributed by atoms with van der Waals surface area (Å²) in [6.07, 6.45) is -5.52. The highest BCUT2D eigenvalue weighted by Crippen LogP contribution is 2.53. The van der Waals surface area contributed by atoms with E-state index in [1.807, 2.05) is 6.07 Å². The SMILES string of the molecule is COCC(C)(C)C[C@@H]1N[C@H](C(=O)OC(=O)C(F)(F)F)[C@H](c2cccc(Cl)c2F)[C@]1(C#N)c1ccc(Cl)cc1F. The van der Waals surface area contributed by atoms with Crippen LogP contribution in [-0.4, -0.2) is 43.9 Å². The Hall–Kier alpha value is -2.78. The number of carbonyl (C=O) groups excluding carboxylic acids is 2. The maximum atomic E-state index is 15.5. The highest BCUT2D eigenvalue weighted by Gasteiger charge is 2.62. The number of esters is 2. The summed E-state index contributed by atoms with van der Waals surface area (Å²) in [5, 5.41) is 13.0. The second kappa shape index (κ2) is 11.4. The standard InChI is InChI=1S/C26H23Cl2F5N2O4/c1-24(2,12-38-3)10-18-25(11-34,15-8-7-13(27)9-17(15)29)19(14-5-4-6-16(28)20(14)30)21(35-18)22(36)39-23(37)26(31,32)33/h4-9,18-19,21,35H,10,12H2,1-3H3/t18-,19-,21-,25+/m0/s1. The molecule has 4 atom stereocenters. The molecule has 2 aromatic carbocycles. The van der Waals surface area contributed by atoms with Crippen LogP contribution in [0, 0.1) is 28.4 Å². The number of alkyl halides is 3. The van der Waals surface area contributed by atoms with E-state index >= 15 is 8.78 Å². The predicted molar refractivity (Wildman–Crippen MR) is 131 cm³/mol. The summed E-state index contributed by atoms with van der Waals surface area (Å²) in [6, 6.07) is 5.95. The average molecular weight is 593 g/mol. The molecule has 6 nitrogen and oxygen atoms in total. The number of carbonyl (C=O) groups is 2. The Morgan fingerprint density at radius 2 is 1.82 bits per heavy atom. The van der Waals surface area contributed by atoms with Gasteiger partial charge in [-0.05, 0) is 35.6 Å². The highest BCUT2D eigenvalue weighted by atomic mass is 35.5. The molecule has 0 aromatic heterocycles. The van der Waals surface area contributed by atoms with E-state index in [1.54, 1.807) is 13.8 Å². The van der Waals surface area contributed by atoms with Crippen LogP contribution < -0.4 is 5.32 Å². The minimum Gasteiger partial charge on any atom is -0.385 e. The van der Waals surface area contributed by atoms with Gasteiger partial charge >= 0.3 is 18.1 Å². The Bertz CT molecular complexity index is 1310. The molecule has 13 heteroatoms. The number of ether oxygens (including phenoxy) is 2. The van der Waals surface area contributed by atoms with E-state index in [-0.39, 0.29) is 29.2 Å². The van der Waals surface area contributed by atoms with Crippen molar-refractivity contribution in [3.8, 4) is 6.07 Å². The quantitative estimate of drug-likeness (QED) is 0.246. The summed E-state index contributed by atoms with van der Waals surface area (Å²) in [5.74, 6) is -8.30. The zero-order valence-electron chi connectivity index (χ0n) is 20.8. The van der Waals surface area contributed by atoms with Crippen LogP contribution in [0.2, 0.25) is 10.0 Å². The second-order valence-corrected chi connectivity index (χ2v) is 10.8. The number of rotatable bonds is 7. The Balaban J connectivity index is 2.34. The lowest BCUT2D eigenvalue weighted by Gasteiger charge is -2.38. The fourth-order valence-corrected chi connectivity index (χ4v) is 5.48. The van der Waals surface area contributed by atoms with E-state index in [0.29, 0.717) is 0 Å². The first kappa shape index (κ1) is 30.8. The molecule has 0 radical (unpaired) electrons. The first-order valence-electron chi connectivity index (χ1n) is 11.5. The number of hydrogen-bond donors (Lipinski definition) is 1. The number of nitriles is 1. The molecular weight excluding hydrogens is 570 g/mol. The van der Waals surface area contributed by atoms with Gasteiger partial charge in [-0.3, -0.25) is 5.32 Å². The van der Waals surface area contributed by atoms with Crippen LogP contribution in [0.4, 0.5) is 22.0 Å². The normalized spacial score (nSPS) is 23.4. The van der Waals surface area contributed by atoms with Gasteiger partial charge in [-0.25, -0.2) is 18.4 Å². The van der Waals surface area contributed by atoms with E-state index in [4.69, 9.17) is 27.9 Å². The molecule has 0 spiro atoms. The third-order valence-electron chi connectivity index (χ3n) is 6.60. The monoisotopic (exact) mass is 592 g/mol. The minimum absolute atomic E-state index is 0.00779. The van der Waals surface area contributed by atoms with Crippen molar-refractivity contribution < 1.29 is 41.0 Å². The van der Waals surface area contributed by atoms with Crippen LogP contribution in [0.1, 0.15) is 37.3 Å². The molecule has 0 unspecified atom stereocenters. The summed E-state index contributed by atoms with van der Waals surface area (Å²) in [4.78, 5) is 24.6. The van der Waals surface area contributed by atoms with Gasteiger partial charge in [0.05, 0.1) is 17.7 Å². The summed E-state index contributed by atoms with van der Waals surface area (Å²) >= 11 is 11.9. The molecule has 2 aromatic rings. The molecule has 1 heterocycles. The predicted octanol–water partition coefficient (Wildman–Crippen LogP) is 5.85. The van der Waals surface area contributed by atoms with Crippen LogP contribution in [0.15, 0.2) is 36.4 Å². The van der Waals surface area contributed by atoms with Crippen molar-refractivity contribution in [3.63, 3.8) is 0 Å². The minimum atomic E-state index is -5.51. The Kier molecular flexibility index (Phi) is 8.97. The zero-order chi connectivity index (χ0) is 29.3. The van der Waals surface area contributed by atoms with Gasteiger partial charge in [0.15, 0.2) is 0 Å². The molecular formula is C26H23Cl2F5N2O4. The summed E-state index contributed by atoms with van der Waals surface area (Å²) < 4.78 is 79.2. The van der Waals surface area contributed by atoms with Gasteiger partial charge in [-0.1, -0.05) is 55.2 Å². The molecule has 1 fully saturated rings. The van der Waals surface area contributed by atoms with Gasteiger partial charge in [0, 0.05) is 29.7 Å². The third kappa shape index (κ3) is 6.04. The van der Waals surface area contributed by atoms with Crippen molar-refractivity contribution in [2.24, 2.45) is 5.41 Å². The zero-order valence-corrected chi connectivity index (χ0v) is 22.3. The van der Waals surface area contributed by atoms with Gasteiger partial charge in [0.2, 0.25) is 0 Å². The number of nitrogens with zero attached hydrogens (tertiary/aromatic N) is 1. The fraction of sp³-hybridized carbons (Fsp3) is 0.423. The smallest absolute Gasteiger partial charge is 0.385 e.